The van der Waals surface area contributed by atoms with E-state index in [1.165, 1.54) is 0 Å². The summed E-state index contributed by atoms with van der Waals surface area (Å²) in [6, 6.07) is 15.2. The van der Waals surface area contributed by atoms with Crippen molar-refractivity contribution in [1.82, 2.24) is 14.5 Å². The lowest BCUT2D eigenvalue weighted by molar-refractivity contribution is -0.142. The largest absolute Gasteiger partial charge is 0.481 e. The van der Waals surface area contributed by atoms with Crippen molar-refractivity contribution in [3.63, 3.8) is 0 Å². The van der Waals surface area contributed by atoms with Crippen LogP contribution >= 0.6 is 0 Å². The maximum atomic E-state index is 12.9. The average Bonchev–Trinajstić information content (AvgIpc) is 3.20. The Morgan fingerprint density at radius 3 is 2.56 bits per heavy atom. The van der Waals surface area contributed by atoms with Crippen LogP contribution in [-0.4, -0.2) is 44.0 Å². The van der Waals surface area contributed by atoms with Crippen LogP contribution in [0.5, 0.6) is 0 Å². The Morgan fingerprint density at radius 1 is 1.15 bits per heavy atom. The standard InChI is InChI=1S/C21H21N3O3/c1-13-17(21(26)27)10-11-23(13)20(25)15-8-9-19-18(12-15)22-14(2)24(19)16-6-4-3-5-7-16/h3-9,12-13,17H,10-11H2,1-2H3,(H,26,27). The highest BCUT2D eigenvalue weighted by Gasteiger charge is 2.38. The summed E-state index contributed by atoms with van der Waals surface area (Å²) in [6.07, 6.45) is 0.492. The van der Waals surface area contributed by atoms with E-state index in [1.807, 2.05) is 43.3 Å². The lowest BCUT2D eigenvalue weighted by Crippen LogP contribution is -2.37. The molecule has 0 bridgehead atoms. The Balaban J connectivity index is 1.69. The monoisotopic (exact) mass is 363 g/mol. The zero-order valence-electron chi connectivity index (χ0n) is 15.3. The van der Waals surface area contributed by atoms with Gasteiger partial charge in [0.1, 0.15) is 5.82 Å². The van der Waals surface area contributed by atoms with E-state index in [2.05, 4.69) is 9.55 Å². The fourth-order valence-corrected chi connectivity index (χ4v) is 3.96. The number of fused-ring (bicyclic) bond motifs is 1. The van der Waals surface area contributed by atoms with Crippen LogP contribution in [0.4, 0.5) is 0 Å². The summed E-state index contributed by atoms with van der Waals surface area (Å²) < 4.78 is 2.06. The van der Waals surface area contributed by atoms with E-state index in [4.69, 9.17) is 0 Å². The fraction of sp³-hybridized carbons (Fsp3) is 0.286. The summed E-state index contributed by atoms with van der Waals surface area (Å²) in [6.45, 7) is 4.21. The van der Waals surface area contributed by atoms with Gasteiger partial charge in [0.2, 0.25) is 0 Å². The first-order chi connectivity index (χ1) is 13.0. The zero-order valence-corrected chi connectivity index (χ0v) is 15.3. The number of hydrogen-bond acceptors (Lipinski definition) is 3. The number of para-hydroxylation sites is 1. The number of likely N-dealkylation sites (tertiary alicyclic amines) is 1. The lowest BCUT2D eigenvalue weighted by atomic mass is 10.0. The third kappa shape index (κ3) is 2.87. The lowest BCUT2D eigenvalue weighted by Gasteiger charge is -2.23. The van der Waals surface area contributed by atoms with Crippen molar-refractivity contribution in [1.29, 1.82) is 0 Å². The molecule has 4 rings (SSSR count). The van der Waals surface area contributed by atoms with Crippen molar-refractivity contribution in [2.45, 2.75) is 26.3 Å². The van der Waals surface area contributed by atoms with Gasteiger partial charge >= 0.3 is 5.97 Å². The van der Waals surface area contributed by atoms with Gasteiger partial charge in [-0.1, -0.05) is 18.2 Å². The van der Waals surface area contributed by atoms with Gasteiger partial charge in [-0.15, -0.1) is 0 Å². The normalized spacial score (nSPS) is 19.6. The number of carbonyl (C=O) groups excluding carboxylic acids is 1. The SMILES string of the molecule is Cc1nc2cc(C(=O)N3CCC(C(=O)O)C3C)ccc2n1-c1ccccc1. The maximum absolute atomic E-state index is 12.9. The second kappa shape index (κ2) is 6.54. The van der Waals surface area contributed by atoms with Crippen molar-refractivity contribution < 1.29 is 14.7 Å². The van der Waals surface area contributed by atoms with Gasteiger partial charge in [-0.25, -0.2) is 4.98 Å². The van der Waals surface area contributed by atoms with Crippen molar-refractivity contribution in [3.8, 4) is 5.69 Å². The van der Waals surface area contributed by atoms with E-state index in [1.54, 1.807) is 24.0 Å². The summed E-state index contributed by atoms with van der Waals surface area (Å²) in [5, 5.41) is 9.29. The Hall–Kier alpha value is -3.15. The number of nitrogens with zero attached hydrogens (tertiary/aromatic N) is 3. The second-order valence-corrected chi connectivity index (χ2v) is 7.01. The van der Waals surface area contributed by atoms with E-state index in [0.29, 0.717) is 18.5 Å². The van der Waals surface area contributed by atoms with E-state index in [9.17, 15) is 14.7 Å². The van der Waals surface area contributed by atoms with Gasteiger partial charge in [0.25, 0.3) is 5.91 Å². The number of carbonyl (C=O) groups is 2. The van der Waals surface area contributed by atoms with Crippen LogP contribution in [0.15, 0.2) is 48.5 Å². The molecule has 0 aliphatic carbocycles. The number of aliphatic carboxylic acids is 1. The molecule has 1 N–H and O–H groups in total. The summed E-state index contributed by atoms with van der Waals surface area (Å²) in [5.41, 5.74) is 3.25. The Bertz CT molecular complexity index is 1030. The zero-order chi connectivity index (χ0) is 19.1. The van der Waals surface area contributed by atoms with Crippen LogP contribution in [0.25, 0.3) is 16.7 Å². The average molecular weight is 363 g/mol. The smallest absolute Gasteiger partial charge is 0.308 e. The number of hydrogen-bond donors (Lipinski definition) is 1. The molecule has 138 valence electrons. The molecule has 6 nitrogen and oxygen atoms in total. The predicted octanol–water partition coefficient (Wildman–Crippen LogP) is 3.27. The Morgan fingerprint density at radius 2 is 1.89 bits per heavy atom. The quantitative estimate of drug-likeness (QED) is 0.775. The number of imidazole rings is 1. The van der Waals surface area contributed by atoms with Gasteiger partial charge in [-0.3, -0.25) is 14.2 Å². The molecule has 2 unspecified atom stereocenters. The number of benzene rings is 2. The van der Waals surface area contributed by atoms with E-state index in [-0.39, 0.29) is 11.9 Å². The number of aromatic nitrogens is 2. The van der Waals surface area contributed by atoms with Gasteiger partial charge in [-0.05, 0) is 50.6 Å². The Labute approximate surface area is 157 Å². The molecule has 1 saturated heterocycles. The minimum absolute atomic E-state index is 0.139. The summed E-state index contributed by atoms with van der Waals surface area (Å²) >= 11 is 0. The summed E-state index contributed by atoms with van der Waals surface area (Å²) in [4.78, 5) is 30.5. The number of amides is 1. The first-order valence-corrected chi connectivity index (χ1v) is 9.05. The molecule has 1 aliphatic rings. The molecule has 0 saturated carbocycles. The van der Waals surface area contributed by atoms with Gasteiger partial charge in [0.05, 0.1) is 17.0 Å². The topological polar surface area (TPSA) is 75.4 Å². The molecule has 6 heteroatoms. The fourth-order valence-electron chi connectivity index (χ4n) is 3.96. The molecule has 2 atom stereocenters. The molecule has 2 heterocycles. The third-order valence-electron chi connectivity index (χ3n) is 5.42. The van der Waals surface area contributed by atoms with Crippen molar-refractivity contribution in [2.75, 3.05) is 6.54 Å². The molecule has 1 amide bonds. The van der Waals surface area contributed by atoms with Gasteiger partial charge < -0.3 is 10.0 Å². The molecular weight excluding hydrogens is 342 g/mol. The van der Waals surface area contributed by atoms with E-state index < -0.39 is 11.9 Å². The van der Waals surface area contributed by atoms with Crippen LogP contribution in [0.1, 0.15) is 29.5 Å². The maximum Gasteiger partial charge on any atom is 0.308 e. The van der Waals surface area contributed by atoms with E-state index >= 15 is 0 Å². The third-order valence-corrected chi connectivity index (χ3v) is 5.42. The molecular formula is C21H21N3O3. The van der Waals surface area contributed by atoms with Crippen LogP contribution in [0.3, 0.4) is 0 Å². The first kappa shape index (κ1) is 17.3. The van der Waals surface area contributed by atoms with Crippen molar-refractivity contribution in [2.24, 2.45) is 5.92 Å². The highest BCUT2D eigenvalue weighted by molar-refractivity contribution is 5.98. The molecule has 3 aromatic rings. The van der Waals surface area contributed by atoms with Gasteiger partial charge in [0, 0.05) is 23.8 Å². The highest BCUT2D eigenvalue weighted by atomic mass is 16.4. The molecule has 0 spiro atoms. The number of carboxylic acids is 1. The number of aryl methyl sites for hydroxylation is 1. The van der Waals surface area contributed by atoms with Crippen LogP contribution in [0.2, 0.25) is 0 Å². The van der Waals surface area contributed by atoms with Crippen LogP contribution in [0, 0.1) is 12.8 Å². The minimum Gasteiger partial charge on any atom is -0.481 e. The summed E-state index contributed by atoms with van der Waals surface area (Å²) in [5.74, 6) is -0.635. The number of carboxylic acid groups (broad SMARTS) is 1. The first-order valence-electron chi connectivity index (χ1n) is 9.05. The van der Waals surface area contributed by atoms with E-state index in [0.717, 1.165) is 22.5 Å². The van der Waals surface area contributed by atoms with Crippen molar-refractivity contribution in [3.05, 3.63) is 59.9 Å². The van der Waals surface area contributed by atoms with Gasteiger partial charge in [-0.2, -0.15) is 0 Å². The van der Waals surface area contributed by atoms with Crippen LogP contribution in [-0.2, 0) is 4.79 Å². The molecule has 27 heavy (non-hydrogen) atoms. The molecule has 2 aromatic carbocycles. The second-order valence-electron chi connectivity index (χ2n) is 7.01. The molecule has 1 aromatic heterocycles. The number of rotatable bonds is 3. The molecule has 1 aliphatic heterocycles. The van der Waals surface area contributed by atoms with Crippen molar-refractivity contribution >= 4 is 22.9 Å². The molecule has 0 radical (unpaired) electrons. The van der Waals surface area contributed by atoms with Crippen LogP contribution < -0.4 is 0 Å². The highest BCUT2D eigenvalue weighted by Crippen LogP contribution is 2.28. The Kier molecular flexibility index (Phi) is 4.18. The summed E-state index contributed by atoms with van der Waals surface area (Å²) in [7, 11) is 0. The minimum atomic E-state index is -0.842. The predicted molar refractivity (Wildman–Crippen MR) is 102 cm³/mol. The molecule has 1 fully saturated rings. The van der Waals surface area contributed by atoms with Gasteiger partial charge in [0.15, 0.2) is 0 Å².